The second-order valence-electron chi connectivity index (χ2n) is 5.62. The maximum atomic E-state index is 12.9. The lowest BCUT2D eigenvalue weighted by atomic mass is 9.98. The number of aromatic nitrogens is 2. The Morgan fingerprint density at radius 1 is 1.04 bits per heavy atom. The SMILES string of the molecule is CC(CCn1ccnc1)c1ccc(Oc2ccc(F)cc2)cc1. The molecule has 0 spiro atoms. The van der Waals surface area contributed by atoms with Crippen LogP contribution in [0.3, 0.4) is 0 Å². The highest BCUT2D eigenvalue weighted by molar-refractivity contribution is 5.34. The van der Waals surface area contributed by atoms with Crippen LogP contribution in [0, 0.1) is 5.82 Å². The summed E-state index contributed by atoms with van der Waals surface area (Å²) < 4.78 is 20.7. The van der Waals surface area contributed by atoms with Gasteiger partial charge in [-0.3, -0.25) is 0 Å². The summed E-state index contributed by atoms with van der Waals surface area (Å²) in [5.41, 5.74) is 1.27. The summed E-state index contributed by atoms with van der Waals surface area (Å²) in [6.45, 7) is 3.17. The van der Waals surface area contributed by atoms with Crippen molar-refractivity contribution < 1.29 is 9.13 Å². The number of hydrogen-bond acceptors (Lipinski definition) is 2. The number of imidazole rings is 1. The van der Waals surface area contributed by atoms with E-state index in [9.17, 15) is 4.39 Å². The molecule has 4 heteroatoms. The van der Waals surface area contributed by atoms with Crippen molar-refractivity contribution in [1.82, 2.24) is 9.55 Å². The van der Waals surface area contributed by atoms with Gasteiger partial charge in [0.25, 0.3) is 0 Å². The lowest BCUT2D eigenvalue weighted by Gasteiger charge is -2.13. The normalized spacial score (nSPS) is 12.1. The first-order chi connectivity index (χ1) is 11.2. The molecule has 0 aliphatic rings. The molecule has 0 aliphatic heterocycles. The molecule has 3 rings (SSSR count). The van der Waals surface area contributed by atoms with E-state index in [0.717, 1.165) is 18.7 Å². The van der Waals surface area contributed by atoms with Gasteiger partial charge in [0.2, 0.25) is 0 Å². The zero-order valence-electron chi connectivity index (χ0n) is 13.0. The number of nitrogens with zero attached hydrogens (tertiary/aromatic N) is 2. The zero-order valence-corrected chi connectivity index (χ0v) is 13.0. The Morgan fingerprint density at radius 3 is 2.30 bits per heavy atom. The molecule has 0 bridgehead atoms. The standard InChI is InChI=1S/C19H19FN2O/c1-15(10-12-22-13-11-21-14-22)16-2-6-18(7-3-16)23-19-8-4-17(20)5-9-19/h2-9,11,13-15H,10,12H2,1H3. The van der Waals surface area contributed by atoms with Gasteiger partial charge in [0.1, 0.15) is 17.3 Å². The Hall–Kier alpha value is -2.62. The van der Waals surface area contributed by atoms with Gasteiger partial charge < -0.3 is 9.30 Å². The van der Waals surface area contributed by atoms with E-state index in [-0.39, 0.29) is 5.82 Å². The van der Waals surface area contributed by atoms with Gasteiger partial charge in [-0.05, 0) is 54.3 Å². The number of benzene rings is 2. The highest BCUT2D eigenvalue weighted by Gasteiger charge is 2.06. The fourth-order valence-electron chi connectivity index (χ4n) is 2.43. The Kier molecular flexibility index (Phi) is 4.71. The molecule has 0 amide bonds. The van der Waals surface area contributed by atoms with Crippen LogP contribution in [0.25, 0.3) is 0 Å². The number of aryl methyl sites for hydroxylation is 1. The average molecular weight is 310 g/mol. The quantitative estimate of drug-likeness (QED) is 0.640. The van der Waals surface area contributed by atoms with E-state index in [1.807, 2.05) is 24.7 Å². The summed E-state index contributed by atoms with van der Waals surface area (Å²) in [7, 11) is 0. The third kappa shape index (κ3) is 4.19. The molecule has 1 unspecified atom stereocenters. The first-order valence-corrected chi connectivity index (χ1v) is 7.70. The summed E-state index contributed by atoms with van der Waals surface area (Å²) in [5, 5.41) is 0. The molecule has 3 nitrogen and oxygen atoms in total. The Balaban J connectivity index is 1.58. The van der Waals surface area contributed by atoms with Crippen molar-refractivity contribution in [2.75, 3.05) is 0 Å². The van der Waals surface area contributed by atoms with Crippen molar-refractivity contribution >= 4 is 0 Å². The molecule has 3 aromatic rings. The number of ether oxygens (including phenoxy) is 1. The third-order valence-corrected chi connectivity index (χ3v) is 3.88. The van der Waals surface area contributed by atoms with Gasteiger partial charge in [-0.2, -0.15) is 0 Å². The van der Waals surface area contributed by atoms with Gasteiger partial charge in [0.05, 0.1) is 6.33 Å². The summed E-state index contributed by atoms with van der Waals surface area (Å²) in [4.78, 5) is 4.05. The van der Waals surface area contributed by atoms with E-state index in [1.54, 1.807) is 18.3 Å². The fraction of sp³-hybridized carbons (Fsp3) is 0.211. The molecule has 0 fully saturated rings. The minimum atomic E-state index is -0.264. The van der Waals surface area contributed by atoms with Crippen molar-refractivity contribution in [3.05, 3.63) is 78.6 Å². The van der Waals surface area contributed by atoms with Crippen LogP contribution in [0.5, 0.6) is 11.5 Å². The third-order valence-electron chi connectivity index (χ3n) is 3.88. The predicted molar refractivity (Wildman–Crippen MR) is 88.2 cm³/mol. The molecule has 0 N–H and O–H groups in total. The minimum Gasteiger partial charge on any atom is -0.457 e. The van der Waals surface area contributed by atoms with Crippen LogP contribution < -0.4 is 4.74 Å². The van der Waals surface area contributed by atoms with Crippen LogP contribution in [0.4, 0.5) is 4.39 Å². The largest absolute Gasteiger partial charge is 0.457 e. The maximum absolute atomic E-state index is 12.9. The highest BCUT2D eigenvalue weighted by Crippen LogP contribution is 2.25. The fourth-order valence-corrected chi connectivity index (χ4v) is 2.43. The first-order valence-electron chi connectivity index (χ1n) is 7.70. The Morgan fingerprint density at radius 2 is 1.70 bits per heavy atom. The monoisotopic (exact) mass is 310 g/mol. The Bertz CT molecular complexity index is 721. The van der Waals surface area contributed by atoms with E-state index in [1.165, 1.54) is 17.7 Å². The van der Waals surface area contributed by atoms with Crippen molar-refractivity contribution in [3.8, 4) is 11.5 Å². The topological polar surface area (TPSA) is 27.1 Å². The van der Waals surface area contributed by atoms with Crippen molar-refractivity contribution in [2.45, 2.75) is 25.8 Å². The molecule has 0 saturated heterocycles. The number of rotatable bonds is 6. The van der Waals surface area contributed by atoms with Crippen LogP contribution in [-0.4, -0.2) is 9.55 Å². The average Bonchev–Trinajstić information content (AvgIpc) is 3.09. The summed E-state index contributed by atoms with van der Waals surface area (Å²) >= 11 is 0. The molecule has 2 aromatic carbocycles. The van der Waals surface area contributed by atoms with Gasteiger partial charge in [0.15, 0.2) is 0 Å². The molecule has 0 aliphatic carbocycles. The van der Waals surface area contributed by atoms with Gasteiger partial charge in [-0.1, -0.05) is 19.1 Å². The van der Waals surface area contributed by atoms with Crippen molar-refractivity contribution in [3.63, 3.8) is 0 Å². The first kappa shape index (κ1) is 15.3. The van der Waals surface area contributed by atoms with Crippen molar-refractivity contribution in [2.24, 2.45) is 0 Å². The van der Waals surface area contributed by atoms with Crippen LogP contribution in [-0.2, 0) is 6.54 Å². The maximum Gasteiger partial charge on any atom is 0.127 e. The summed E-state index contributed by atoms with van der Waals surface area (Å²) in [5.74, 6) is 1.58. The van der Waals surface area contributed by atoms with Crippen LogP contribution in [0.1, 0.15) is 24.8 Å². The summed E-state index contributed by atoms with van der Waals surface area (Å²) in [6.07, 6.45) is 6.67. The number of halogens is 1. The van der Waals surface area contributed by atoms with Gasteiger partial charge in [-0.25, -0.2) is 9.37 Å². The van der Waals surface area contributed by atoms with Crippen LogP contribution in [0.2, 0.25) is 0 Å². The smallest absolute Gasteiger partial charge is 0.127 e. The predicted octanol–water partition coefficient (Wildman–Crippen LogP) is 5.01. The molecule has 23 heavy (non-hydrogen) atoms. The van der Waals surface area contributed by atoms with E-state index in [2.05, 4.69) is 28.6 Å². The molecular formula is C19H19FN2O. The van der Waals surface area contributed by atoms with E-state index in [4.69, 9.17) is 4.74 Å². The van der Waals surface area contributed by atoms with E-state index >= 15 is 0 Å². The van der Waals surface area contributed by atoms with Crippen molar-refractivity contribution in [1.29, 1.82) is 0 Å². The molecule has 0 saturated carbocycles. The molecule has 1 heterocycles. The molecule has 118 valence electrons. The van der Waals surface area contributed by atoms with Gasteiger partial charge in [0, 0.05) is 18.9 Å². The molecule has 0 radical (unpaired) electrons. The molecule has 1 atom stereocenters. The zero-order chi connectivity index (χ0) is 16.1. The second-order valence-corrected chi connectivity index (χ2v) is 5.62. The second kappa shape index (κ2) is 7.09. The van der Waals surface area contributed by atoms with Crippen LogP contribution >= 0.6 is 0 Å². The van der Waals surface area contributed by atoms with E-state index in [0.29, 0.717) is 11.7 Å². The van der Waals surface area contributed by atoms with Gasteiger partial charge >= 0.3 is 0 Å². The van der Waals surface area contributed by atoms with Crippen LogP contribution in [0.15, 0.2) is 67.3 Å². The molecule has 1 aromatic heterocycles. The Labute approximate surface area is 135 Å². The lowest BCUT2D eigenvalue weighted by molar-refractivity contribution is 0.480. The van der Waals surface area contributed by atoms with E-state index < -0.39 is 0 Å². The summed E-state index contributed by atoms with van der Waals surface area (Å²) in [6, 6.07) is 14.1. The minimum absolute atomic E-state index is 0.264. The lowest BCUT2D eigenvalue weighted by Crippen LogP contribution is -2.01. The molecular weight excluding hydrogens is 291 g/mol. The highest BCUT2D eigenvalue weighted by atomic mass is 19.1. The van der Waals surface area contributed by atoms with Gasteiger partial charge in [-0.15, -0.1) is 0 Å². The number of hydrogen-bond donors (Lipinski definition) is 0.